The van der Waals surface area contributed by atoms with Crippen LogP contribution in [0.2, 0.25) is 5.02 Å². The predicted octanol–water partition coefficient (Wildman–Crippen LogP) is 4.78. The number of anilines is 4. The highest BCUT2D eigenvalue weighted by atomic mass is 35.5. The first-order valence-electron chi connectivity index (χ1n) is 20.2. The summed E-state index contributed by atoms with van der Waals surface area (Å²) in [5.74, 6) is 0.875. The number of hydrogen-bond acceptors (Lipinski definition) is 11. The summed E-state index contributed by atoms with van der Waals surface area (Å²) in [4.78, 5) is 58.1. The molecule has 0 saturated carbocycles. The van der Waals surface area contributed by atoms with Gasteiger partial charge >= 0.3 is 0 Å². The van der Waals surface area contributed by atoms with Gasteiger partial charge in [-0.3, -0.25) is 24.6 Å². The lowest BCUT2D eigenvalue weighted by Crippen LogP contribution is -2.49. The Hall–Kier alpha value is -4.93. The summed E-state index contributed by atoms with van der Waals surface area (Å²) in [7, 11) is 0. The number of amides is 3. The van der Waals surface area contributed by atoms with Gasteiger partial charge in [-0.2, -0.15) is 5.26 Å². The summed E-state index contributed by atoms with van der Waals surface area (Å²) in [5, 5.41) is 15.5. The van der Waals surface area contributed by atoms with E-state index in [0.717, 1.165) is 120 Å². The van der Waals surface area contributed by atoms with E-state index >= 15 is 0 Å². The Kier molecular flexibility index (Phi) is 11.0. The van der Waals surface area contributed by atoms with Crippen molar-refractivity contribution >= 4 is 52.2 Å². The van der Waals surface area contributed by atoms with Crippen LogP contribution in [0.3, 0.4) is 0 Å². The molecule has 0 aliphatic carbocycles. The Morgan fingerprint density at radius 2 is 1.73 bits per heavy atom. The normalized spacial score (nSPS) is 23.3. The largest absolute Gasteiger partial charge is 0.374 e. The predicted molar refractivity (Wildman–Crippen MR) is 217 cm³/mol. The monoisotopic (exact) mass is 778 g/mol. The number of piperidine rings is 3. The number of carbonyl (C=O) groups is 3. The lowest BCUT2D eigenvalue weighted by atomic mass is 9.77. The van der Waals surface area contributed by atoms with Crippen LogP contribution in [0.5, 0.6) is 0 Å². The number of carbonyl (C=O) groups excluding carboxylic acids is 3. The third kappa shape index (κ3) is 8.27. The van der Waals surface area contributed by atoms with Crippen LogP contribution < -0.4 is 25.3 Å². The highest BCUT2D eigenvalue weighted by Gasteiger charge is 2.44. The fourth-order valence-corrected chi connectivity index (χ4v) is 9.68. The second kappa shape index (κ2) is 16.3. The van der Waals surface area contributed by atoms with Gasteiger partial charge in [-0.1, -0.05) is 17.7 Å². The molecule has 5 saturated heterocycles. The number of imide groups is 1. The zero-order chi connectivity index (χ0) is 38.8. The van der Waals surface area contributed by atoms with E-state index in [1.54, 1.807) is 12.4 Å². The van der Waals surface area contributed by atoms with E-state index in [1.807, 2.05) is 35.2 Å². The summed E-state index contributed by atoms with van der Waals surface area (Å²) in [5.41, 5.74) is 4.24. The zero-order valence-electron chi connectivity index (χ0n) is 32.1. The van der Waals surface area contributed by atoms with Gasteiger partial charge in [-0.05, 0) is 93.2 Å². The van der Waals surface area contributed by atoms with E-state index in [0.29, 0.717) is 41.1 Å². The van der Waals surface area contributed by atoms with E-state index in [9.17, 15) is 19.6 Å². The summed E-state index contributed by atoms with van der Waals surface area (Å²) >= 11 is 6.37. The lowest BCUT2D eigenvalue weighted by molar-refractivity contribution is -0.133. The van der Waals surface area contributed by atoms with Gasteiger partial charge in [-0.25, -0.2) is 9.97 Å². The molecule has 0 unspecified atom stereocenters. The van der Waals surface area contributed by atoms with Crippen molar-refractivity contribution in [2.24, 2.45) is 11.3 Å². The number of likely N-dealkylation sites (tertiary alicyclic amines) is 1. The van der Waals surface area contributed by atoms with E-state index in [-0.39, 0.29) is 23.1 Å². The third-order valence-electron chi connectivity index (χ3n) is 12.8. The van der Waals surface area contributed by atoms with Gasteiger partial charge in [0, 0.05) is 95.0 Å². The number of aromatic nitrogens is 2. The van der Waals surface area contributed by atoms with Gasteiger partial charge in [0.05, 0.1) is 23.0 Å². The van der Waals surface area contributed by atoms with Crippen LogP contribution in [0.4, 0.5) is 22.9 Å². The maximum Gasteiger partial charge on any atom is 0.274 e. The molecule has 3 aromatic rings. The molecule has 8 rings (SSSR count). The molecule has 5 aliphatic rings. The smallest absolute Gasteiger partial charge is 0.274 e. The molecular formula is C42H51ClN10O3. The molecule has 2 atom stereocenters. The second-order valence-electron chi connectivity index (χ2n) is 16.4. The van der Waals surface area contributed by atoms with Gasteiger partial charge in [0.2, 0.25) is 11.8 Å². The fourth-order valence-electron chi connectivity index (χ4n) is 9.46. The SMILES string of the molecule is C[C@@H]1CC2(CCN(c3cnc(C(=O)N4CCC(CN5CCN(c6cccc(N[C@@H]7CCC(=O)NC7=O)c6)CC5)CC4)cn3)CC2)CN1c1ccc(C#N)c(Cl)c1. The summed E-state index contributed by atoms with van der Waals surface area (Å²) in [6.45, 7) is 11.4. The van der Waals surface area contributed by atoms with Crippen LogP contribution in [0.15, 0.2) is 54.9 Å². The van der Waals surface area contributed by atoms with Crippen LogP contribution in [0, 0.1) is 22.7 Å². The first-order valence-corrected chi connectivity index (χ1v) is 20.5. The first kappa shape index (κ1) is 38.0. The number of nitriles is 1. The van der Waals surface area contributed by atoms with Gasteiger partial charge in [-0.15, -0.1) is 0 Å². The molecule has 2 N–H and O–H groups in total. The standard InChI is InChI=1S/C42H51ClN10O3/c1-29-23-42(28-53(29)34-6-5-31(24-44)35(43)22-34)11-15-51(16-12-42)38-26-45-37(25-46-38)41(56)52-13-9-30(10-14-52)27-49-17-19-50(20-18-49)33-4-2-3-32(21-33)47-36-7-8-39(54)48-40(36)55/h2-6,21-22,25-26,29-30,36,47H,7-20,23,27-28H2,1H3,(H,48,54,55)/t29-,36-/m1/s1. The Morgan fingerprint density at radius 3 is 2.43 bits per heavy atom. The van der Waals surface area contributed by atoms with E-state index < -0.39 is 6.04 Å². The number of rotatable bonds is 8. The molecule has 1 aromatic heterocycles. The molecule has 2 aromatic carbocycles. The number of piperazine rings is 1. The minimum Gasteiger partial charge on any atom is -0.374 e. The van der Waals surface area contributed by atoms with Crippen LogP contribution >= 0.6 is 11.6 Å². The van der Waals surface area contributed by atoms with Crippen LogP contribution in [0.1, 0.15) is 67.9 Å². The van der Waals surface area contributed by atoms with Crippen LogP contribution in [-0.2, 0) is 9.59 Å². The molecule has 0 bridgehead atoms. The highest BCUT2D eigenvalue weighted by molar-refractivity contribution is 6.32. The van der Waals surface area contributed by atoms with E-state index in [4.69, 9.17) is 16.6 Å². The molecule has 1 spiro atoms. The summed E-state index contributed by atoms with van der Waals surface area (Å²) in [6, 6.07) is 16.1. The van der Waals surface area contributed by atoms with Crippen molar-refractivity contribution in [3.63, 3.8) is 0 Å². The third-order valence-corrected chi connectivity index (χ3v) is 13.1. The molecule has 0 radical (unpaired) electrons. The molecule has 13 nitrogen and oxygen atoms in total. The Labute approximate surface area is 334 Å². The molecule has 294 valence electrons. The second-order valence-corrected chi connectivity index (χ2v) is 16.8. The molecule has 14 heteroatoms. The van der Waals surface area contributed by atoms with Crippen molar-refractivity contribution in [3.05, 3.63) is 71.1 Å². The molecule has 6 heterocycles. The van der Waals surface area contributed by atoms with Crippen molar-refractivity contribution in [1.29, 1.82) is 5.26 Å². The summed E-state index contributed by atoms with van der Waals surface area (Å²) < 4.78 is 0. The van der Waals surface area contributed by atoms with Gasteiger partial charge in [0.1, 0.15) is 23.6 Å². The molecule has 5 fully saturated rings. The maximum absolute atomic E-state index is 13.5. The Morgan fingerprint density at radius 1 is 0.946 bits per heavy atom. The summed E-state index contributed by atoms with van der Waals surface area (Å²) in [6.07, 6.45) is 9.48. The average Bonchev–Trinajstić information content (AvgIpc) is 3.54. The molecule has 3 amide bonds. The minimum absolute atomic E-state index is 0.0361. The van der Waals surface area contributed by atoms with Crippen LogP contribution in [0.25, 0.3) is 0 Å². The van der Waals surface area contributed by atoms with E-state index in [1.165, 1.54) is 0 Å². The number of nitrogens with one attached hydrogen (secondary N) is 2. The molecular weight excluding hydrogens is 728 g/mol. The van der Waals surface area contributed by atoms with Crippen molar-refractivity contribution < 1.29 is 14.4 Å². The molecule has 5 aliphatic heterocycles. The van der Waals surface area contributed by atoms with Gasteiger partial charge in [0.25, 0.3) is 5.91 Å². The van der Waals surface area contributed by atoms with Crippen molar-refractivity contribution in [2.45, 2.75) is 64.0 Å². The van der Waals surface area contributed by atoms with Crippen molar-refractivity contribution in [3.8, 4) is 6.07 Å². The average molecular weight is 779 g/mol. The number of nitrogens with zero attached hydrogens (tertiary/aromatic N) is 8. The van der Waals surface area contributed by atoms with Crippen LogP contribution in [-0.4, -0.2) is 115 Å². The van der Waals surface area contributed by atoms with Crippen molar-refractivity contribution in [2.75, 3.05) is 85.5 Å². The number of benzene rings is 2. The number of halogens is 1. The number of hydrogen-bond donors (Lipinski definition) is 2. The Balaban J connectivity index is 0.762. The topological polar surface area (TPSA) is 141 Å². The zero-order valence-corrected chi connectivity index (χ0v) is 32.9. The quantitative estimate of drug-likeness (QED) is 0.306. The Bertz CT molecular complexity index is 1960. The lowest BCUT2D eigenvalue weighted by Gasteiger charge is -2.40. The molecule has 56 heavy (non-hydrogen) atoms. The van der Waals surface area contributed by atoms with Gasteiger partial charge < -0.3 is 24.9 Å². The minimum atomic E-state index is -0.396. The van der Waals surface area contributed by atoms with Crippen molar-refractivity contribution in [1.82, 2.24) is 25.1 Å². The highest BCUT2D eigenvalue weighted by Crippen LogP contribution is 2.45. The van der Waals surface area contributed by atoms with E-state index in [2.05, 4.69) is 60.3 Å². The first-order chi connectivity index (χ1) is 27.1. The fraction of sp³-hybridized carbons (Fsp3) is 0.524. The maximum atomic E-state index is 13.5. The van der Waals surface area contributed by atoms with Gasteiger partial charge in [0.15, 0.2) is 0 Å².